The second kappa shape index (κ2) is 12.5. The average Bonchev–Trinajstić information content (AvgIpc) is 2.77. The van der Waals surface area contributed by atoms with Gasteiger partial charge in [-0.15, -0.1) is 0 Å². The Morgan fingerprint density at radius 1 is 1.19 bits per heavy atom. The number of hydrogen-bond donors (Lipinski definition) is 2. The highest BCUT2D eigenvalue weighted by atomic mass is 32.2. The lowest BCUT2D eigenvalue weighted by atomic mass is 9.96. The van der Waals surface area contributed by atoms with Crippen LogP contribution in [0.3, 0.4) is 0 Å². The van der Waals surface area contributed by atoms with Gasteiger partial charge in [0.2, 0.25) is 21.8 Å². The number of rotatable bonds is 11. The van der Waals surface area contributed by atoms with Crippen LogP contribution in [-0.4, -0.2) is 62.2 Å². The number of hydrogen-bond acceptors (Lipinski definition) is 5. The van der Waals surface area contributed by atoms with Gasteiger partial charge in [-0.3, -0.25) is 9.59 Å². The van der Waals surface area contributed by atoms with E-state index in [-0.39, 0.29) is 22.6 Å². The van der Waals surface area contributed by atoms with E-state index < -0.39 is 16.1 Å². The third-order valence-corrected chi connectivity index (χ3v) is 8.11. The monoisotopic (exact) mass is 469 g/mol. The molecule has 9 heteroatoms. The smallest absolute Gasteiger partial charge is 0.243 e. The SMILES string of the molecule is CCCCNC(=O)C(CCSC)NC(=O)C1CCN(S(=O)(=O)c2ccc(C)cc2)CC1. The van der Waals surface area contributed by atoms with Crippen LogP contribution in [0, 0.1) is 12.8 Å². The van der Waals surface area contributed by atoms with E-state index in [4.69, 9.17) is 0 Å². The summed E-state index contributed by atoms with van der Waals surface area (Å²) < 4.78 is 27.2. The van der Waals surface area contributed by atoms with Crippen molar-refractivity contribution in [2.45, 2.75) is 56.9 Å². The first-order chi connectivity index (χ1) is 14.8. The number of benzene rings is 1. The van der Waals surface area contributed by atoms with E-state index in [1.165, 1.54) is 4.31 Å². The van der Waals surface area contributed by atoms with Crippen molar-refractivity contribution in [1.82, 2.24) is 14.9 Å². The van der Waals surface area contributed by atoms with Gasteiger partial charge in [0.15, 0.2) is 0 Å². The lowest BCUT2D eigenvalue weighted by Gasteiger charge is -2.31. The second-order valence-corrected chi connectivity index (χ2v) is 10.9. The minimum atomic E-state index is -3.55. The summed E-state index contributed by atoms with van der Waals surface area (Å²) in [7, 11) is -3.55. The quantitative estimate of drug-likeness (QED) is 0.486. The zero-order chi connectivity index (χ0) is 22.9. The molecule has 1 aromatic carbocycles. The molecule has 0 aromatic heterocycles. The molecule has 0 spiro atoms. The number of amides is 2. The second-order valence-electron chi connectivity index (χ2n) is 7.98. The molecule has 1 heterocycles. The van der Waals surface area contributed by atoms with E-state index >= 15 is 0 Å². The third-order valence-electron chi connectivity index (χ3n) is 5.56. The predicted molar refractivity (Wildman–Crippen MR) is 126 cm³/mol. The first-order valence-corrected chi connectivity index (χ1v) is 13.8. The molecular formula is C22H35N3O4S2. The van der Waals surface area contributed by atoms with Crippen molar-refractivity contribution in [3.8, 4) is 0 Å². The van der Waals surface area contributed by atoms with E-state index in [1.807, 2.05) is 13.2 Å². The van der Waals surface area contributed by atoms with Crippen LogP contribution in [0.1, 0.15) is 44.6 Å². The molecule has 2 N–H and O–H groups in total. The highest BCUT2D eigenvalue weighted by molar-refractivity contribution is 7.98. The largest absolute Gasteiger partial charge is 0.354 e. The summed E-state index contributed by atoms with van der Waals surface area (Å²) in [5.74, 6) is 0.184. The van der Waals surface area contributed by atoms with E-state index in [9.17, 15) is 18.0 Å². The van der Waals surface area contributed by atoms with Gasteiger partial charge < -0.3 is 10.6 Å². The molecule has 0 bridgehead atoms. The first-order valence-electron chi connectivity index (χ1n) is 10.9. The van der Waals surface area contributed by atoms with E-state index in [1.54, 1.807) is 36.0 Å². The molecule has 7 nitrogen and oxygen atoms in total. The Labute approximate surface area is 190 Å². The van der Waals surface area contributed by atoms with E-state index in [0.717, 1.165) is 24.2 Å². The summed E-state index contributed by atoms with van der Waals surface area (Å²) in [5, 5.41) is 5.81. The number of thioether (sulfide) groups is 1. The van der Waals surface area contributed by atoms with Crippen molar-refractivity contribution < 1.29 is 18.0 Å². The van der Waals surface area contributed by atoms with Gasteiger partial charge in [-0.05, 0) is 56.7 Å². The van der Waals surface area contributed by atoms with Crippen molar-refractivity contribution >= 4 is 33.6 Å². The first kappa shape index (κ1) is 25.7. The lowest BCUT2D eigenvalue weighted by molar-refractivity contribution is -0.131. The summed E-state index contributed by atoms with van der Waals surface area (Å²) >= 11 is 1.64. The Morgan fingerprint density at radius 2 is 1.84 bits per heavy atom. The molecule has 1 fully saturated rings. The van der Waals surface area contributed by atoms with Crippen LogP contribution in [0.4, 0.5) is 0 Å². The van der Waals surface area contributed by atoms with Crippen molar-refractivity contribution in [1.29, 1.82) is 0 Å². The van der Waals surface area contributed by atoms with Gasteiger partial charge in [0.1, 0.15) is 6.04 Å². The van der Waals surface area contributed by atoms with Crippen LogP contribution in [0.15, 0.2) is 29.2 Å². The molecule has 1 unspecified atom stereocenters. The van der Waals surface area contributed by atoms with Crippen LogP contribution in [0.5, 0.6) is 0 Å². The third kappa shape index (κ3) is 7.50. The van der Waals surface area contributed by atoms with Crippen LogP contribution in [0.25, 0.3) is 0 Å². The predicted octanol–water partition coefficient (Wildman–Crippen LogP) is 2.55. The Bertz CT molecular complexity index is 820. The standard InChI is InChI=1S/C22H35N3O4S2/c1-4-5-13-23-22(27)20(12-16-30-3)24-21(26)18-10-14-25(15-11-18)31(28,29)19-8-6-17(2)7-9-19/h6-9,18,20H,4-5,10-16H2,1-3H3,(H,23,27)(H,24,26). The molecule has 1 aliphatic heterocycles. The normalized spacial score (nSPS) is 16.6. The van der Waals surface area contributed by atoms with Crippen LogP contribution in [-0.2, 0) is 19.6 Å². The van der Waals surface area contributed by atoms with Crippen molar-refractivity contribution in [2.24, 2.45) is 5.92 Å². The molecule has 1 atom stereocenters. The Balaban J connectivity index is 1.93. The van der Waals surface area contributed by atoms with Gasteiger partial charge >= 0.3 is 0 Å². The molecule has 0 saturated carbocycles. The maximum absolute atomic E-state index is 12.9. The fraction of sp³-hybridized carbons (Fsp3) is 0.636. The molecule has 1 saturated heterocycles. The van der Waals surface area contributed by atoms with E-state index in [2.05, 4.69) is 17.6 Å². The molecule has 2 amide bonds. The van der Waals surface area contributed by atoms with Gasteiger partial charge in [-0.25, -0.2) is 8.42 Å². The minimum absolute atomic E-state index is 0.143. The number of sulfonamides is 1. The van der Waals surface area contributed by atoms with Gasteiger partial charge in [-0.1, -0.05) is 31.0 Å². The number of nitrogens with zero attached hydrogens (tertiary/aromatic N) is 1. The molecule has 1 aromatic rings. The zero-order valence-corrected chi connectivity index (χ0v) is 20.4. The minimum Gasteiger partial charge on any atom is -0.354 e. The fourth-order valence-corrected chi connectivity index (χ4v) is 5.46. The number of carbonyl (C=O) groups excluding carboxylic acids is 2. The summed E-state index contributed by atoms with van der Waals surface area (Å²) in [4.78, 5) is 25.6. The number of aryl methyl sites for hydroxylation is 1. The molecule has 174 valence electrons. The lowest BCUT2D eigenvalue weighted by Crippen LogP contribution is -2.50. The molecule has 0 aliphatic carbocycles. The topological polar surface area (TPSA) is 95.6 Å². The summed E-state index contributed by atoms with van der Waals surface area (Å²) in [6.07, 6.45) is 5.34. The summed E-state index contributed by atoms with van der Waals surface area (Å²) in [5.41, 5.74) is 1.00. The molecule has 2 rings (SSSR count). The molecule has 0 radical (unpaired) electrons. The maximum Gasteiger partial charge on any atom is 0.243 e. The number of unbranched alkanes of at least 4 members (excludes halogenated alkanes) is 1. The van der Waals surface area contributed by atoms with Crippen LogP contribution >= 0.6 is 11.8 Å². The maximum atomic E-state index is 12.9. The van der Waals surface area contributed by atoms with Crippen molar-refractivity contribution in [3.63, 3.8) is 0 Å². The van der Waals surface area contributed by atoms with Crippen LogP contribution in [0.2, 0.25) is 0 Å². The van der Waals surface area contributed by atoms with Gasteiger partial charge in [0.05, 0.1) is 4.90 Å². The van der Waals surface area contributed by atoms with Gasteiger partial charge in [0.25, 0.3) is 0 Å². The number of carbonyl (C=O) groups is 2. The van der Waals surface area contributed by atoms with Gasteiger partial charge in [0, 0.05) is 25.6 Å². The summed E-state index contributed by atoms with van der Waals surface area (Å²) in [6.45, 7) is 5.18. The number of piperidine rings is 1. The Hall–Kier alpha value is -1.58. The fourth-order valence-electron chi connectivity index (χ4n) is 3.52. The van der Waals surface area contributed by atoms with Crippen molar-refractivity contribution in [3.05, 3.63) is 29.8 Å². The summed E-state index contributed by atoms with van der Waals surface area (Å²) in [6, 6.07) is 6.26. The highest BCUT2D eigenvalue weighted by Crippen LogP contribution is 2.24. The zero-order valence-electron chi connectivity index (χ0n) is 18.7. The average molecular weight is 470 g/mol. The highest BCUT2D eigenvalue weighted by Gasteiger charge is 2.33. The molecule has 31 heavy (non-hydrogen) atoms. The van der Waals surface area contributed by atoms with Crippen molar-refractivity contribution in [2.75, 3.05) is 31.6 Å². The Morgan fingerprint density at radius 3 is 2.42 bits per heavy atom. The molecule has 1 aliphatic rings. The van der Waals surface area contributed by atoms with Crippen LogP contribution < -0.4 is 10.6 Å². The Kier molecular flexibility index (Phi) is 10.3. The molecular weight excluding hydrogens is 434 g/mol. The number of nitrogens with one attached hydrogen (secondary N) is 2. The van der Waals surface area contributed by atoms with Gasteiger partial charge in [-0.2, -0.15) is 16.1 Å². The van der Waals surface area contributed by atoms with E-state index in [0.29, 0.717) is 38.9 Å².